The van der Waals surface area contributed by atoms with Gasteiger partial charge in [-0.3, -0.25) is 9.30 Å². The van der Waals surface area contributed by atoms with Gasteiger partial charge < -0.3 is 5.11 Å². The molecule has 0 aromatic carbocycles. The van der Waals surface area contributed by atoms with E-state index in [1.54, 1.807) is 0 Å². The Morgan fingerprint density at radius 2 is 2.25 bits per heavy atom. The molecule has 20 heavy (non-hydrogen) atoms. The lowest BCUT2D eigenvalue weighted by molar-refractivity contribution is 0.127. The minimum absolute atomic E-state index is 0.215. The molecule has 3 rings (SSSR count). The number of likely N-dealkylation sites (tertiary alicyclic amines) is 1. The molecule has 0 amide bonds. The fourth-order valence-electron chi connectivity index (χ4n) is 3.14. The van der Waals surface area contributed by atoms with Gasteiger partial charge in [-0.15, -0.1) is 0 Å². The van der Waals surface area contributed by atoms with Gasteiger partial charge in [-0.05, 0) is 45.7 Å². The van der Waals surface area contributed by atoms with Crippen LogP contribution in [0.25, 0.3) is 5.78 Å². The van der Waals surface area contributed by atoms with Crippen molar-refractivity contribution >= 4 is 5.78 Å². The summed E-state index contributed by atoms with van der Waals surface area (Å²) in [4.78, 5) is 11.3. The van der Waals surface area contributed by atoms with Gasteiger partial charge in [0.1, 0.15) is 0 Å². The maximum Gasteiger partial charge on any atom is 0.234 e. The molecule has 2 aromatic rings. The fraction of sp³-hybridized carbons (Fsp3) is 0.600. The molecule has 5 heteroatoms. The molecule has 5 nitrogen and oxygen atoms in total. The van der Waals surface area contributed by atoms with Crippen molar-refractivity contribution in [3.8, 4) is 0 Å². The molecule has 1 N–H and O–H groups in total. The van der Waals surface area contributed by atoms with Gasteiger partial charge >= 0.3 is 0 Å². The number of nitrogens with zero attached hydrogens (tertiary/aromatic N) is 4. The van der Waals surface area contributed by atoms with E-state index in [-0.39, 0.29) is 6.10 Å². The largest absolute Gasteiger partial charge is 0.393 e. The van der Waals surface area contributed by atoms with Gasteiger partial charge in [0.15, 0.2) is 0 Å². The van der Waals surface area contributed by atoms with E-state index >= 15 is 0 Å². The van der Waals surface area contributed by atoms with E-state index in [2.05, 4.69) is 32.3 Å². The quantitative estimate of drug-likeness (QED) is 0.922. The van der Waals surface area contributed by atoms with Crippen LogP contribution < -0.4 is 0 Å². The lowest BCUT2D eigenvalue weighted by atomic mass is 10.0. The number of rotatable bonds is 3. The zero-order valence-corrected chi connectivity index (χ0v) is 12.4. The molecule has 108 valence electrons. The van der Waals surface area contributed by atoms with Crippen LogP contribution in [0.4, 0.5) is 0 Å². The highest BCUT2D eigenvalue weighted by molar-refractivity contribution is 5.35. The molecule has 1 aliphatic heterocycles. The molecule has 2 atom stereocenters. The van der Waals surface area contributed by atoms with Crippen LogP contribution in [0.5, 0.6) is 0 Å². The number of fused-ring (bicyclic) bond motifs is 1. The average molecular weight is 274 g/mol. The molecular weight excluding hydrogens is 252 g/mol. The molecule has 0 spiro atoms. The Labute approximate surface area is 119 Å². The Bertz CT molecular complexity index is 620. The molecule has 0 saturated carbocycles. The van der Waals surface area contributed by atoms with Gasteiger partial charge in [0.05, 0.1) is 18.0 Å². The van der Waals surface area contributed by atoms with Gasteiger partial charge in [-0.2, -0.15) is 0 Å². The summed E-state index contributed by atoms with van der Waals surface area (Å²) in [6.07, 6.45) is 2.78. The predicted octanol–water partition coefficient (Wildman–Crippen LogP) is 1.55. The summed E-state index contributed by atoms with van der Waals surface area (Å²) in [6, 6.07) is 2.08. The number of aromatic nitrogens is 3. The van der Waals surface area contributed by atoms with E-state index in [4.69, 9.17) is 0 Å². The number of hydrogen-bond acceptors (Lipinski definition) is 4. The lowest BCUT2D eigenvalue weighted by Crippen LogP contribution is -2.24. The summed E-state index contributed by atoms with van der Waals surface area (Å²) in [5.74, 6) is 1.18. The highest BCUT2D eigenvalue weighted by Crippen LogP contribution is 2.22. The van der Waals surface area contributed by atoms with Crippen molar-refractivity contribution in [1.82, 2.24) is 19.3 Å². The van der Waals surface area contributed by atoms with Gasteiger partial charge in [-0.25, -0.2) is 9.97 Å². The summed E-state index contributed by atoms with van der Waals surface area (Å²) in [5.41, 5.74) is 3.35. The van der Waals surface area contributed by atoms with Gasteiger partial charge in [0, 0.05) is 24.5 Å². The van der Waals surface area contributed by atoms with Crippen LogP contribution in [0.2, 0.25) is 0 Å². The first-order valence-corrected chi connectivity index (χ1v) is 7.25. The number of aryl methyl sites for hydroxylation is 2. The minimum atomic E-state index is -0.215. The van der Waals surface area contributed by atoms with Crippen molar-refractivity contribution in [2.75, 3.05) is 13.1 Å². The minimum Gasteiger partial charge on any atom is -0.393 e. The second-order valence-corrected chi connectivity index (χ2v) is 5.95. The van der Waals surface area contributed by atoms with Crippen molar-refractivity contribution < 1.29 is 5.11 Å². The lowest BCUT2D eigenvalue weighted by Gasteiger charge is -2.17. The molecular formula is C15H22N4O. The summed E-state index contributed by atoms with van der Waals surface area (Å²) < 4.78 is 2.13. The maximum atomic E-state index is 9.69. The third kappa shape index (κ3) is 2.43. The molecule has 1 saturated heterocycles. The third-order valence-corrected chi connectivity index (χ3v) is 4.24. The Morgan fingerprint density at radius 1 is 1.45 bits per heavy atom. The SMILES string of the molecule is Cc1cc(C)n2c(CN3CCC(C(C)O)C3)cnc2n1. The van der Waals surface area contributed by atoms with Gasteiger partial charge in [-0.1, -0.05) is 0 Å². The number of aliphatic hydroxyl groups excluding tert-OH is 1. The summed E-state index contributed by atoms with van der Waals surface area (Å²) in [5, 5.41) is 9.69. The second-order valence-electron chi connectivity index (χ2n) is 5.95. The van der Waals surface area contributed by atoms with Crippen LogP contribution in [-0.2, 0) is 6.54 Å². The van der Waals surface area contributed by atoms with E-state index in [0.29, 0.717) is 5.92 Å². The molecule has 1 fully saturated rings. The monoisotopic (exact) mass is 274 g/mol. The predicted molar refractivity (Wildman–Crippen MR) is 77.5 cm³/mol. The fourth-order valence-corrected chi connectivity index (χ4v) is 3.14. The second kappa shape index (κ2) is 5.14. The standard InChI is InChI=1S/C15H22N4O/c1-10-6-11(2)19-14(7-16-15(19)17-10)9-18-5-4-13(8-18)12(3)20/h6-7,12-13,20H,4-5,8-9H2,1-3H3. The maximum absolute atomic E-state index is 9.69. The van der Waals surface area contributed by atoms with Crippen molar-refractivity contribution in [3.63, 3.8) is 0 Å². The number of aliphatic hydroxyl groups is 1. The Hall–Kier alpha value is -1.46. The van der Waals surface area contributed by atoms with Crippen molar-refractivity contribution in [2.45, 2.75) is 39.8 Å². The first kappa shape index (κ1) is 13.5. The van der Waals surface area contributed by atoms with Crippen molar-refractivity contribution in [2.24, 2.45) is 5.92 Å². The van der Waals surface area contributed by atoms with Crippen LogP contribution in [0.1, 0.15) is 30.4 Å². The van der Waals surface area contributed by atoms with E-state index < -0.39 is 0 Å². The molecule has 2 unspecified atom stereocenters. The van der Waals surface area contributed by atoms with Crippen molar-refractivity contribution in [3.05, 3.63) is 29.3 Å². The Balaban J connectivity index is 1.82. The first-order valence-electron chi connectivity index (χ1n) is 7.25. The van der Waals surface area contributed by atoms with Crippen LogP contribution in [0, 0.1) is 19.8 Å². The van der Waals surface area contributed by atoms with E-state index in [0.717, 1.165) is 37.5 Å². The zero-order chi connectivity index (χ0) is 14.3. The Kier molecular flexibility index (Phi) is 3.48. The highest BCUT2D eigenvalue weighted by atomic mass is 16.3. The summed E-state index contributed by atoms with van der Waals surface area (Å²) in [7, 11) is 0. The Morgan fingerprint density at radius 3 is 2.95 bits per heavy atom. The molecule has 0 bridgehead atoms. The topological polar surface area (TPSA) is 53.7 Å². The van der Waals surface area contributed by atoms with E-state index in [1.807, 2.05) is 20.0 Å². The average Bonchev–Trinajstić information content (AvgIpc) is 2.97. The van der Waals surface area contributed by atoms with Crippen LogP contribution in [0.3, 0.4) is 0 Å². The molecule has 1 aliphatic rings. The smallest absolute Gasteiger partial charge is 0.234 e. The summed E-state index contributed by atoms with van der Waals surface area (Å²) >= 11 is 0. The van der Waals surface area contributed by atoms with Crippen LogP contribution in [0.15, 0.2) is 12.3 Å². The number of imidazole rings is 1. The van der Waals surface area contributed by atoms with E-state index in [1.165, 1.54) is 11.4 Å². The van der Waals surface area contributed by atoms with Crippen LogP contribution >= 0.6 is 0 Å². The first-order chi connectivity index (χ1) is 9.54. The van der Waals surface area contributed by atoms with Gasteiger partial charge in [0.25, 0.3) is 0 Å². The molecule has 0 radical (unpaired) electrons. The zero-order valence-electron chi connectivity index (χ0n) is 12.4. The number of hydrogen-bond donors (Lipinski definition) is 1. The normalized spacial score (nSPS) is 21.7. The van der Waals surface area contributed by atoms with Crippen molar-refractivity contribution in [1.29, 1.82) is 0 Å². The third-order valence-electron chi connectivity index (χ3n) is 4.24. The van der Waals surface area contributed by atoms with Gasteiger partial charge in [0.2, 0.25) is 5.78 Å². The summed E-state index contributed by atoms with van der Waals surface area (Å²) in [6.45, 7) is 8.85. The van der Waals surface area contributed by atoms with E-state index in [9.17, 15) is 5.11 Å². The van der Waals surface area contributed by atoms with Crippen LogP contribution in [-0.4, -0.2) is 43.6 Å². The highest BCUT2D eigenvalue weighted by Gasteiger charge is 2.26. The molecule has 3 heterocycles. The molecule has 0 aliphatic carbocycles. The molecule has 2 aromatic heterocycles.